The van der Waals surface area contributed by atoms with Crippen LogP contribution in [0.1, 0.15) is 41.6 Å². The van der Waals surface area contributed by atoms with Crippen LogP contribution in [0.2, 0.25) is 0 Å². The number of hydrogen-bond donors (Lipinski definition) is 2. The van der Waals surface area contributed by atoms with Gasteiger partial charge in [-0.1, -0.05) is 18.6 Å². The van der Waals surface area contributed by atoms with Crippen LogP contribution in [0, 0.1) is 17.8 Å². The monoisotopic (exact) mass is 343 g/mol. The van der Waals surface area contributed by atoms with Gasteiger partial charge in [0, 0.05) is 32.7 Å². The van der Waals surface area contributed by atoms with Crippen molar-refractivity contribution in [2.24, 2.45) is 17.8 Å². The first-order chi connectivity index (χ1) is 12.0. The van der Waals surface area contributed by atoms with Crippen molar-refractivity contribution < 1.29 is 9.59 Å². The molecular weight excluding hydrogens is 314 g/mol. The van der Waals surface area contributed by atoms with Crippen molar-refractivity contribution in [3.8, 4) is 0 Å². The van der Waals surface area contributed by atoms with Gasteiger partial charge in [-0.25, -0.2) is 4.79 Å². The zero-order valence-corrected chi connectivity index (χ0v) is 15.3. The second-order valence-corrected chi connectivity index (χ2v) is 7.72. The van der Waals surface area contributed by atoms with E-state index >= 15 is 0 Å². The molecule has 0 heterocycles. The second-order valence-electron chi connectivity index (χ2n) is 7.72. The fraction of sp³-hybridized carbons (Fsp3) is 0.600. The van der Waals surface area contributed by atoms with Crippen LogP contribution in [-0.2, 0) is 6.42 Å². The lowest BCUT2D eigenvalue weighted by Gasteiger charge is -2.21. The van der Waals surface area contributed by atoms with Crippen LogP contribution in [-0.4, -0.2) is 44.0 Å². The summed E-state index contributed by atoms with van der Waals surface area (Å²) in [5, 5.41) is 5.95. The molecule has 3 atom stereocenters. The van der Waals surface area contributed by atoms with Crippen LogP contribution in [0.4, 0.5) is 4.79 Å². The molecule has 0 spiro atoms. The topological polar surface area (TPSA) is 61.4 Å². The first-order valence-electron chi connectivity index (χ1n) is 9.35. The summed E-state index contributed by atoms with van der Waals surface area (Å²) < 4.78 is 0. The van der Waals surface area contributed by atoms with Crippen molar-refractivity contribution in [3.63, 3.8) is 0 Å². The Balaban J connectivity index is 1.38. The van der Waals surface area contributed by atoms with Crippen molar-refractivity contribution in [1.82, 2.24) is 15.5 Å². The van der Waals surface area contributed by atoms with E-state index in [0.717, 1.165) is 30.4 Å². The highest BCUT2D eigenvalue weighted by molar-refractivity contribution is 5.94. The maximum Gasteiger partial charge on any atom is 0.314 e. The van der Waals surface area contributed by atoms with Gasteiger partial charge in [0.25, 0.3) is 5.91 Å². The fourth-order valence-electron chi connectivity index (χ4n) is 4.35. The minimum absolute atomic E-state index is 0.00147. The number of carbonyl (C=O) groups is 2. The Morgan fingerprint density at radius 2 is 2.00 bits per heavy atom. The van der Waals surface area contributed by atoms with E-state index in [1.165, 1.54) is 25.7 Å². The van der Waals surface area contributed by atoms with Crippen LogP contribution < -0.4 is 10.6 Å². The number of amides is 3. The highest BCUT2D eigenvalue weighted by Gasteiger charge is 2.39. The summed E-state index contributed by atoms with van der Waals surface area (Å²) in [6.07, 6.45) is 6.12. The standard InChI is InChI=1S/C20H29N3O2/c1-23(2)19(24)17-5-3-4-14(10-17)8-9-21-20(25)22-13-18-12-15-6-7-16(18)11-15/h3-5,10,15-16,18H,6-9,11-13H2,1-2H3,(H2,21,22,25). The molecule has 0 saturated heterocycles. The summed E-state index contributed by atoms with van der Waals surface area (Å²) in [5.41, 5.74) is 1.74. The first kappa shape index (κ1) is 17.8. The van der Waals surface area contributed by atoms with Gasteiger partial charge in [-0.15, -0.1) is 0 Å². The molecule has 3 rings (SSSR count). The van der Waals surface area contributed by atoms with Crippen LogP contribution in [0.25, 0.3) is 0 Å². The molecule has 5 heteroatoms. The van der Waals surface area contributed by atoms with Crippen molar-refractivity contribution in [2.75, 3.05) is 27.2 Å². The summed E-state index contributed by atoms with van der Waals surface area (Å²) >= 11 is 0. The predicted octanol–water partition coefficient (Wildman–Crippen LogP) is 2.67. The van der Waals surface area contributed by atoms with E-state index in [2.05, 4.69) is 10.6 Å². The number of nitrogens with one attached hydrogen (secondary N) is 2. The molecule has 2 aliphatic rings. The summed E-state index contributed by atoms with van der Waals surface area (Å²) in [6, 6.07) is 7.52. The third-order valence-corrected chi connectivity index (χ3v) is 5.69. The quantitative estimate of drug-likeness (QED) is 0.834. The van der Waals surface area contributed by atoms with E-state index < -0.39 is 0 Å². The maximum atomic E-state index is 12.0. The molecular formula is C20H29N3O2. The lowest BCUT2D eigenvalue weighted by Crippen LogP contribution is -2.40. The van der Waals surface area contributed by atoms with Gasteiger partial charge in [0.2, 0.25) is 0 Å². The molecule has 1 aromatic rings. The molecule has 25 heavy (non-hydrogen) atoms. The number of rotatable bonds is 6. The average molecular weight is 343 g/mol. The van der Waals surface area contributed by atoms with Crippen LogP contribution in [0.15, 0.2) is 24.3 Å². The highest BCUT2D eigenvalue weighted by atomic mass is 16.2. The largest absolute Gasteiger partial charge is 0.345 e. The van der Waals surface area contributed by atoms with Gasteiger partial charge in [-0.2, -0.15) is 0 Å². The molecule has 2 aliphatic carbocycles. The molecule has 2 saturated carbocycles. The van der Waals surface area contributed by atoms with Gasteiger partial charge in [-0.05, 0) is 61.1 Å². The van der Waals surface area contributed by atoms with Crippen molar-refractivity contribution in [1.29, 1.82) is 0 Å². The Hall–Kier alpha value is -2.04. The van der Waals surface area contributed by atoms with E-state index in [4.69, 9.17) is 0 Å². The van der Waals surface area contributed by atoms with Gasteiger partial charge in [0.1, 0.15) is 0 Å². The zero-order valence-electron chi connectivity index (χ0n) is 15.3. The molecule has 0 radical (unpaired) electrons. The number of urea groups is 1. The average Bonchev–Trinajstić information content (AvgIpc) is 3.22. The lowest BCUT2D eigenvalue weighted by molar-refractivity contribution is 0.0827. The molecule has 1 aromatic carbocycles. The van der Waals surface area contributed by atoms with E-state index in [1.54, 1.807) is 19.0 Å². The number of hydrogen-bond acceptors (Lipinski definition) is 2. The normalized spacial score (nSPS) is 24.2. The van der Waals surface area contributed by atoms with Crippen LogP contribution in [0.5, 0.6) is 0 Å². The summed E-state index contributed by atoms with van der Waals surface area (Å²) in [5.74, 6) is 2.43. The SMILES string of the molecule is CN(C)C(=O)c1cccc(CCNC(=O)NCC2CC3CCC2C3)c1. The van der Waals surface area contributed by atoms with Gasteiger partial charge >= 0.3 is 6.03 Å². The molecule has 5 nitrogen and oxygen atoms in total. The lowest BCUT2D eigenvalue weighted by atomic mass is 9.89. The number of carbonyl (C=O) groups excluding carboxylic acids is 2. The molecule has 3 unspecified atom stereocenters. The molecule has 136 valence electrons. The maximum absolute atomic E-state index is 12.0. The Kier molecular flexibility index (Phi) is 5.61. The molecule has 2 bridgehead atoms. The summed E-state index contributed by atoms with van der Waals surface area (Å²) in [7, 11) is 3.49. The van der Waals surface area contributed by atoms with Crippen LogP contribution >= 0.6 is 0 Å². The number of fused-ring (bicyclic) bond motifs is 2. The smallest absolute Gasteiger partial charge is 0.314 e. The Morgan fingerprint density at radius 1 is 1.16 bits per heavy atom. The van der Waals surface area contributed by atoms with E-state index in [9.17, 15) is 9.59 Å². The van der Waals surface area contributed by atoms with E-state index in [1.807, 2.05) is 24.3 Å². The van der Waals surface area contributed by atoms with E-state index in [-0.39, 0.29) is 11.9 Å². The highest BCUT2D eigenvalue weighted by Crippen LogP contribution is 2.47. The Labute approximate surface area is 150 Å². The molecule has 0 aliphatic heterocycles. The molecule has 0 aromatic heterocycles. The van der Waals surface area contributed by atoms with Gasteiger partial charge < -0.3 is 15.5 Å². The molecule has 2 fully saturated rings. The summed E-state index contributed by atoms with van der Waals surface area (Å²) in [6.45, 7) is 1.38. The summed E-state index contributed by atoms with van der Waals surface area (Å²) in [4.78, 5) is 25.5. The molecule has 2 N–H and O–H groups in total. The third kappa shape index (κ3) is 4.53. The van der Waals surface area contributed by atoms with Gasteiger partial charge in [-0.3, -0.25) is 4.79 Å². The third-order valence-electron chi connectivity index (χ3n) is 5.69. The van der Waals surface area contributed by atoms with Gasteiger partial charge in [0.05, 0.1) is 0 Å². The minimum Gasteiger partial charge on any atom is -0.345 e. The van der Waals surface area contributed by atoms with Crippen molar-refractivity contribution in [3.05, 3.63) is 35.4 Å². The molecule has 3 amide bonds. The second kappa shape index (κ2) is 7.89. The Morgan fingerprint density at radius 3 is 2.68 bits per heavy atom. The predicted molar refractivity (Wildman–Crippen MR) is 98.5 cm³/mol. The van der Waals surface area contributed by atoms with E-state index in [0.29, 0.717) is 18.0 Å². The zero-order chi connectivity index (χ0) is 17.8. The van der Waals surface area contributed by atoms with Crippen LogP contribution in [0.3, 0.4) is 0 Å². The number of benzene rings is 1. The van der Waals surface area contributed by atoms with Crippen molar-refractivity contribution >= 4 is 11.9 Å². The minimum atomic E-state index is -0.0803. The van der Waals surface area contributed by atoms with Gasteiger partial charge in [0.15, 0.2) is 0 Å². The number of nitrogens with zero attached hydrogens (tertiary/aromatic N) is 1. The fourth-order valence-corrected chi connectivity index (χ4v) is 4.35. The van der Waals surface area contributed by atoms with Crippen molar-refractivity contribution in [2.45, 2.75) is 32.1 Å². The Bertz CT molecular complexity index is 629. The first-order valence-corrected chi connectivity index (χ1v) is 9.35.